The molecular weight excluding hydrogens is 286 g/mol. The lowest BCUT2D eigenvalue weighted by Crippen LogP contribution is -2.44. The van der Waals surface area contributed by atoms with E-state index in [0.29, 0.717) is 32.6 Å². The third-order valence-electron chi connectivity index (χ3n) is 4.09. The summed E-state index contributed by atoms with van der Waals surface area (Å²) < 4.78 is 5.49. The quantitative estimate of drug-likeness (QED) is 0.817. The van der Waals surface area contributed by atoms with E-state index >= 15 is 0 Å². The number of ether oxygens (including phenoxy) is 1. The van der Waals surface area contributed by atoms with Gasteiger partial charge in [0.15, 0.2) is 0 Å². The molecule has 1 aliphatic rings. The van der Waals surface area contributed by atoms with E-state index in [0.717, 1.165) is 23.4 Å². The van der Waals surface area contributed by atoms with Crippen LogP contribution >= 0.6 is 11.6 Å². The van der Waals surface area contributed by atoms with E-state index in [4.69, 9.17) is 16.3 Å². The zero-order valence-electron chi connectivity index (χ0n) is 12.2. The smallest absolute Gasteiger partial charge is 0.220 e. The number of hydrogen-bond donors (Lipinski definition) is 1. The highest BCUT2D eigenvalue weighted by Gasteiger charge is 2.36. The molecule has 0 saturated carbocycles. The predicted molar refractivity (Wildman–Crippen MR) is 85.6 cm³/mol. The fourth-order valence-corrected chi connectivity index (χ4v) is 3.12. The van der Waals surface area contributed by atoms with Crippen molar-refractivity contribution >= 4 is 17.5 Å². The number of halogens is 1. The monoisotopic (exact) mass is 307 g/mol. The zero-order valence-corrected chi connectivity index (χ0v) is 13.0. The second kappa shape index (κ2) is 7.62. The van der Waals surface area contributed by atoms with Crippen LogP contribution in [0.2, 0.25) is 5.02 Å². The van der Waals surface area contributed by atoms with Gasteiger partial charge in [0.05, 0.1) is 0 Å². The summed E-state index contributed by atoms with van der Waals surface area (Å²) in [6.07, 6.45) is 4.70. The van der Waals surface area contributed by atoms with E-state index in [-0.39, 0.29) is 11.3 Å². The summed E-state index contributed by atoms with van der Waals surface area (Å²) in [5, 5.41) is 3.82. The molecule has 1 aromatic rings. The van der Waals surface area contributed by atoms with Gasteiger partial charge in [-0.05, 0) is 30.9 Å². The Morgan fingerprint density at radius 2 is 2.10 bits per heavy atom. The number of allylic oxidation sites excluding steroid dienone is 1. The number of hydrogen-bond acceptors (Lipinski definition) is 2. The number of rotatable bonds is 6. The third kappa shape index (κ3) is 4.08. The Bertz CT molecular complexity index is 495. The molecule has 3 nitrogen and oxygen atoms in total. The molecule has 1 saturated heterocycles. The second-order valence-corrected chi connectivity index (χ2v) is 5.88. The fraction of sp³-hybridized carbons (Fsp3) is 0.471. The van der Waals surface area contributed by atoms with Crippen LogP contribution in [0.15, 0.2) is 36.9 Å². The molecule has 114 valence electrons. The molecule has 0 aromatic heterocycles. The molecule has 0 unspecified atom stereocenters. The van der Waals surface area contributed by atoms with E-state index in [1.807, 2.05) is 18.2 Å². The number of nitrogens with one attached hydrogen (secondary N) is 1. The summed E-state index contributed by atoms with van der Waals surface area (Å²) in [4.78, 5) is 11.9. The molecule has 21 heavy (non-hydrogen) atoms. The van der Waals surface area contributed by atoms with Crippen LogP contribution in [0.1, 0.15) is 31.2 Å². The highest BCUT2D eigenvalue weighted by atomic mass is 35.5. The molecule has 1 amide bonds. The Hall–Kier alpha value is -1.32. The molecule has 0 atom stereocenters. The van der Waals surface area contributed by atoms with Gasteiger partial charge in [0.1, 0.15) is 0 Å². The Morgan fingerprint density at radius 1 is 1.38 bits per heavy atom. The normalized spacial score (nSPS) is 17.2. The van der Waals surface area contributed by atoms with Gasteiger partial charge < -0.3 is 10.1 Å². The van der Waals surface area contributed by atoms with Crippen LogP contribution in [0.5, 0.6) is 0 Å². The lowest BCUT2D eigenvalue weighted by Gasteiger charge is -2.38. The lowest BCUT2D eigenvalue weighted by molar-refractivity contribution is -0.121. The van der Waals surface area contributed by atoms with Crippen LogP contribution < -0.4 is 5.32 Å². The minimum Gasteiger partial charge on any atom is -0.381 e. The van der Waals surface area contributed by atoms with Crippen LogP contribution in [-0.4, -0.2) is 25.7 Å². The molecule has 4 heteroatoms. The average molecular weight is 308 g/mol. The molecular formula is C17H22ClNO2. The highest BCUT2D eigenvalue weighted by molar-refractivity contribution is 6.31. The molecule has 1 N–H and O–H groups in total. The van der Waals surface area contributed by atoms with Crippen LogP contribution in [-0.2, 0) is 14.9 Å². The van der Waals surface area contributed by atoms with E-state index in [9.17, 15) is 4.79 Å². The van der Waals surface area contributed by atoms with Crippen LogP contribution in [0.3, 0.4) is 0 Å². The summed E-state index contributed by atoms with van der Waals surface area (Å²) >= 11 is 6.38. The Kier molecular flexibility index (Phi) is 5.83. The van der Waals surface area contributed by atoms with E-state index in [1.54, 1.807) is 6.08 Å². The van der Waals surface area contributed by atoms with Gasteiger partial charge in [-0.25, -0.2) is 0 Å². The van der Waals surface area contributed by atoms with E-state index in [2.05, 4.69) is 18.0 Å². The average Bonchev–Trinajstić information content (AvgIpc) is 2.52. The minimum atomic E-state index is -0.125. The molecule has 1 aliphatic heterocycles. The molecule has 0 bridgehead atoms. The van der Waals surface area contributed by atoms with Crippen molar-refractivity contribution in [3.05, 3.63) is 47.5 Å². The maximum absolute atomic E-state index is 11.9. The number of benzene rings is 1. The maximum atomic E-state index is 11.9. The third-order valence-corrected chi connectivity index (χ3v) is 4.42. The van der Waals surface area contributed by atoms with Gasteiger partial charge in [0, 0.05) is 36.6 Å². The van der Waals surface area contributed by atoms with Gasteiger partial charge in [-0.1, -0.05) is 35.9 Å². The van der Waals surface area contributed by atoms with Crippen molar-refractivity contribution in [1.82, 2.24) is 5.32 Å². The molecule has 1 heterocycles. The molecule has 1 aromatic carbocycles. The topological polar surface area (TPSA) is 38.3 Å². The van der Waals surface area contributed by atoms with Crippen molar-refractivity contribution < 1.29 is 9.53 Å². The number of carbonyl (C=O) groups is 1. The second-order valence-electron chi connectivity index (χ2n) is 5.48. The maximum Gasteiger partial charge on any atom is 0.220 e. The molecule has 1 fully saturated rings. The first-order valence-corrected chi connectivity index (χ1v) is 7.76. The van der Waals surface area contributed by atoms with Gasteiger partial charge in [-0.2, -0.15) is 0 Å². The minimum absolute atomic E-state index is 0.0628. The molecule has 2 rings (SSSR count). The van der Waals surface area contributed by atoms with Crippen molar-refractivity contribution in [2.45, 2.75) is 31.1 Å². The van der Waals surface area contributed by atoms with Crippen LogP contribution in [0, 0.1) is 0 Å². The molecule has 0 radical (unpaired) electrons. The van der Waals surface area contributed by atoms with E-state index in [1.165, 1.54) is 0 Å². The van der Waals surface area contributed by atoms with Crippen molar-refractivity contribution in [3.8, 4) is 0 Å². The van der Waals surface area contributed by atoms with Crippen molar-refractivity contribution in [2.75, 3.05) is 19.8 Å². The molecule has 0 spiro atoms. The predicted octanol–water partition coefficient (Wildman–Crippen LogP) is 3.47. The Morgan fingerprint density at radius 3 is 2.76 bits per heavy atom. The van der Waals surface area contributed by atoms with E-state index < -0.39 is 0 Å². The fourth-order valence-electron chi connectivity index (χ4n) is 2.78. The first-order valence-electron chi connectivity index (χ1n) is 7.38. The summed E-state index contributed by atoms with van der Waals surface area (Å²) in [5.74, 6) is 0.0628. The SMILES string of the molecule is C=CCCC(=O)NCC1(c2ccccc2Cl)CCOCC1. The largest absolute Gasteiger partial charge is 0.381 e. The van der Waals surface area contributed by atoms with Gasteiger partial charge in [-0.3, -0.25) is 4.79 Å². The zero-order chi connectivity index (χ0) is 15.1. The van der Waals surface area contributed by atoms with Crippen molar-refractivity contribution in [1.29, 1.82) is 0 Å². The summed E-state index contributed by atoms with van der Waals surface area (Å²) in [6, 6.07) is 7.90. The summed E-state index contributed by atoms with van der Waals surface area (Å²) in [6.45, 7) is 5.65. The summed E-state index contributed by atoms with van der Waals surface area (Å²) in [7, 11) is 0. The molecule has 0 aliphatic carbocycles. The Balaban J connectivity index is 2.12. The van der Waals surface area contributed by atoms with Gasteiger partial charge in [-0.15, -0.1) is 6.58 Å². The standard InChI is InChI=1S/C17H22ClNO2/c1-2-3-8-16(20)19-13-17(9-11-21-12-10-17)14-6-4-5-7-15(14)18/h2,4-7H,1,3,8-13H2,(H,19,20). The first kappa shape index (κ1) is 16.1. The van der Waals surface area contributed by atoms with Gasteiger partial charge in [0.25, 0.3) is 0 Å². The highest BCUT2D eigenvalue weighted by Crippen LogP contribution is 2.38. The van der Waals surface area contributed by atoms with Gasteiger partial charge in [0.2, 0.25) is 5.91 Å². The number of carbonyl (C=O) groups excluding carboxylic acids is 1. The summed E-state index contributed by atoms with van der Waals surface area (Å²) in [5.41, 5.74) is 0.986. The van der Waals surface area contributed by atoms with Gasteiger partial charge >= 0.3 is 0 Å². The number of amides is 1. The van der Waals surface area contributed by atoms with Crippen molar-refractivity contribution in [2.24, 2.45) is 0 Å². The first-order chi connectivity index (χ1) is 10.2. The Labute approximate surface area is 131 Å². The lowest BCUT2D eigenvalue weighted by atomic mass is 9.74. The van der Waals surface area contributed by atoms with Crippen LogP contribution in [0.25, 0.3) is 0 Å². The van der Waals surface area contributed by atoms with Crippen LogP contribution in [0.4, 0.5) is 0 Å². The van der Waals surface area contributed by atoms with Crippen molar-refractivity contribution in [3.63, 3.8) is 0 Å².